The highest BCUT2D eigenvalue weighted by Crippen LogP contribution is 1.98. The van der Waals surface area contributed by atoms with Crippen molar-refractivity contribution in [2.24, 2.45) is 0 Å². The molecule has 11 heavy (non-hydrogen) atoms. The summed E-state index contributed by atoms with van der Waals surface area (Å²) in [5.41, 5.74) is 0. The predicted molar refractivity (Wildman–Crippen MR) is 44.6 cm³/mol. The molecule has 1 N–H and O–H groups in total. The Labute approximate surface area is 68.0 Å². The number of rotatable bonds is 5. The highest BCUT2D eigenvalue weighted by atomic mass is 16.4. The molecule has 66 valence electrons. The van der Waals surface area contributed by atoms with Crippen molar-refractivity contribution in [2.75, 3.05) is 13.1 Å². The second-order valence-electron chi connectivity index (χ2n) is 2.96. The summed E-state index contributed by atoms with van der Waals surface area (Å²) in [5.74, 6) is -0.743. The number of hydrogen-bond donors (Lipinski definition) is 1. The summed E-state index contributed by atoms with van der Waals surface area (Å²) in [6.45, 7) is 7.10. The van der Waals surface area contributed by atoms with Gasteiger partial charge in [0.2, 0.25) is 0 Å². The molecule has 0 aliphatic rings. The Balaban J connectivity index is 3.79. The standard InChI is InChI=1S/C8H17NO2/c1-4-5-9(7(2)3)6-8(10)11/h7H,4-6H2,1-3H3,(H,10,11). The first-order valence-corrected chi connectivity index (χ1v) is 4.03. The van der Waals surface area contributed by atoms with Gasteiger partial charge in [0.05, 0.1) is 6.54 Å². The van der Waals surface area contributed by atoms with Crippen LogP contribution < -0.4 is 0 Å². The van der Waals surface area contributed by atoms with E-state index in [4.69, 9.17) is 5.11 Å². The molecule has 0 bridgehead atoms. The predicted octanol–water partition coefficient (Wildman–Crippen LogP) is 1.19. The largest absolute Gasteiger partial charge is 0.480 e. The molecular formula is C8H17NO2. The van der Waals surface area contributed by atoms with Crippen molar-refractivity contribution in [3.8, 4) is 0 Å². The van der Waals surface area contributed by atoms with Crippen LogP contribution in [0.5, 0.6) is 0 Å². The van der Waals surface area contributed by atoms with Crippen molar-refractivity contribution in [3.05, 3.63) is 0 Å². The first-order valence-electron chi connectivity index (χ1n) is 4.03. The Hall–Kier alpha value is -0.570. The van der Waals surface area contributed by atoms with Gasteiger partial charge in [0.1, 0.15) is 0 Å². The van der Waals surface area contributed by atoms with Gasteiger partial charge in [0.15, 0.2) is 0 Å². The van der Waals surface area contributed by atoms with Crippen molar-refractivity contribution in [2.45, 2.75) is 33.2 Å². The maximum atomic E-state index is 10.3. The summed E-state index contributed by atoms with van der Waals surface area (Å²) >= 11 is 0. The van der Waals surface area contributed by atoms with Gasteiger partial charge in [-0.05, 0) is 26.8 Å². The first-order chi connectivity index (χ1) is 5.07. The molecule has 0 aliphatic heterocycles. The minimum absolute atomic E-state index is 0.158. The summed E-state index contributed by atoms with van der Waals surface area (Å²) in [4.78, 5) is 12.3. The van der Waals surface area contributed by atoms with Crippen LogP contribution in [-0.2, 0) is 4.79 Å². The highest BCUT2D eigenvalue weighted by Gasteiger charge is 2.10. The SMILES string of the molecule is CCCN(CC(=O)O)C(C)C. The number of carboxylic acid groups (broad SMARTS) is 1. The lowest BCUT2D eigenvalue weighted by Crippen LogP contribution is -2.36. The number of carbonyl (C=O) groups is 1. The minimum Gasteiger partial charge on any atom is -0.480 e. The third kappa shape index (κ3) is 4.79. The Morgan fingerprint density at radius 2 is 2.09 bits per heavy atom. The molecule has 0 heterocycles. The molecule has 3 nitrogen and oxygen atoms in total. The van der Waals surface area contributed by atoms with Crippen LogP contribution in [-0.4, -0.2) is 35.1 Å². The molecule has 0 radical (unpaired) electrons. The molecule has 0 aromatic rings. The van der Waals surface area contributed by atoms with Gasteiger partial charge in [-0.1, -0.05) is 6.92 Å². The molecule has 0 aromatic carbocycles. The van der Waals surface area contributed by atoms with Gasteiger partial charge in [-0.15, -0.1) is 0 Å². The van der Waals surface area contributed by atoms with Crippen LogP contribution in [0.15, 0.2) is 0 Å². The second-order valence-corrected chi connectivity index (χ2v) is 2.96. The quantitative estimate of drug-likeness (QED) is 0.655. The van der Waals surface area contributed by atoms with Gasteiger partial charge in [0, 0.05) is 6.04 Å². The second kappa shape index (κ2) is 5.13. The molecule has 0 amide bonds. The van der Waals surface area contributed by atoms with Gasteiger partial charge >= 0.3 is 5.97 Å². The summed E-state index contributed by atoms with van der Waals surface area (Å²) < 4.78 is 0. The normalized spacial score (nSPS) is 11.0. The van der Waals surface area contributed by atoms with Crippen LogP contribution in [0.4, 0.5) is 0 Å². The first kappa shape index (κ1) is 10.4. The molecule has 0 unspecified atom stereocenters. The summed E-state index contributed by atoms with van der Waals surface area (Å²) in [7, 11) is 0. The fourth-order valence-electron chi connectivity index (χ4n) is 0.981. The fourth-order valence-corrected chi connectivity index (χ4v) is 0.981. The van der Waals surface area contributed by atoms with E-state index in [1.165, 1.54) is 0 Å². The van der Waals surface area contributed by atoms with Crippen LogP contribution in [0.3, 0.4) is 0 Å². The highest BCUT2D eigenvalue weighted by molar-refractivity contribution is 5.69. The Kier molecular flexibility index (Phi) is 4.86. The van der Waals surface area contributed by atoms with E-state index in [9.17, 15) is 4.79 Å². The summed E-state index contributed by atoms with van der Waals surface area (Å²) in [6, 6.07) is 0.325. The number of nitrogens with zero attached hydrogens (tertiary/aromatic N) is 1. The monoisotopic (exact) mass is 159 g/mol. The third-order valence-electron chi connectivity index (χ3n) is 1.58. The van der Waals surface area contributed by atoms with E-state index in [0.29, 0.717) is 6.04 Å². The number of carboxylic acids is 1. The van der Waals surface area contributed by atoms with Gasteiger partial charge in [-0.3, -0.25) is 9.69 Å². The molecule has 0 spiro atoms. The van der Waals surface area contributed by atoms with E-state index < -0.39 is 5.97 Å². The molecule has 0 aliphatic carbocycles. The zero-order chi connectivity index (χ0) is 8.85. The van der Waals surface area contributed by atoms with Gasteiger partial charge in [-0.25, -0.2) is 0 Å². The maximum absolute atomic E-state index is 10.3. The van der Waals surface area contributed by atoms with E-state index in [1.807, 2.05) is 18.7 Å². The average Bonchev–Trinajstić information content (AvgIpc) is 1.86. The lowest BCUT2D eigenvalue weighted by Gasteiger charge is -2.23. The van der Waals surface area contributed by atoms with Crippen LogP contribution in [0, 0.1) is 0 Å². The summed E-state index contributed by atoms with van der Waals surface area (Å²) in [5, 5.41) is 8.52. The molecule has 3 heteroatoms. The maximum Gasteiger partial charge on any atom is 0.317 e. The summed E-state index contributed by atoms with van der Waals surface area (Å²) in [6.07, 6.45) is 1.01. The average molecular weight is 159 g/mol. The number of aliphatic carboxylic acids is 1. The van der Waals surface area contributed by atoms with Crippen LogP contribution in [0.25, 0.3) is 0 Å². The van der Waals surface area contributed by atoms with Gasteiger partial charge in [-0.2, -0.15) is 0 Å². The third-order valence-corrected chi connectivity index (χ3v) is 1.58. The smallest absolute Gasteiger partial charge is 0.317 e. The lowest BCUT2D eigenvalue weighted by molar-refractivity contribution is -0.138. The van der Waals surface area contributed by atoms with E-state index in [0.717, 1.165) is 13.0 Å². The van der Waals surface area contributed by atoms with Crippen molar-refractivity contribution < 1.29 is 9.90 Å². The van der Waals surface area contributed by atoms with Crippen LogP contribution in [0.2, 0.25) is 0 Å². The molecule has 0 saturated heterocycles. The Bertz CT molecular complexity index is 123. The van der Waals surface area contributed by atoms with Crippen LogP contribution in [0.1, 0.15) is 27.2 Å². The molecule has 0 aromatic heterocycles. The molecular weight excluding hydrogens is 142 g/mol. The topological polar surface area (TPSA) is 40.5 Å². The Morgan fingerprint density at radius 3 is 2.36 bits per heavy atom. The molecule has 0 rings (SSSR count). The van der Waals surface area contributed by atoms with Crippen molar-refractivity contribution >= 4 is 5.97 Å². The molecule has 0 atom stereocenters. The van der Waals surface area contributed by atoms with Crippen molar-refractivity contribution in [3.63, 3.8) is 0 Å². The fraction of sp³-hybridized carbons (Fsp3) is 0.875. The lowest BCUT2D eigenvalue weighted by atomic mass is 10.3. The van der Waals surface area contributed by atoms with E-state index in [2.05, 4.69) is 6.92 Å². The molecule has 0 saturated carbocycles. The van der Waals surface area contributed by atoms with E-state index in [1.54, 1.807) is 0 Å². The zero-order valence-corrected chi connectivity index (χ0v) is 7.50. The zero-order valence-electron chi connectivity index (χ0n) is 7.50. The van der Waals surface area contributed by atoms with E-state index in [-0.39, 0.29) is 6.54 Å². The minimum atomic E-state index is -0.743. The Morgan fingerprint density at radius 1 is 1.55 bits per heavy atom. The van der Waals surface area contributed by atoms with Gasteiger partial charge in [0.25, 0.3) is 0 Å². The van der Waals surface area contributed by atoms with Crippen molar-refractivity contribution in [1.82, 2.24) is 4.90 Å². The van der Waals surface area contributed by atoms with Gasteiger partial charge < -0.3 is 5.11 Å². The molecule has 0 fully saturated rings. The van der Waals surface area contributed by atoms with Crippen LogP contribution >= 0.6 is 0 Å². The number of hydrogen-bond acceptors (Lipinski definition) is 2. The van der Waals surface area contributed by atoms with E-state index >= 15 is 0 Å². The van der Waals surface area contributed by atoms with Crippen molar-refractivity contribution in [1.29, 1.82) is 0 Å².